The third-order valence-corrected chi connectivity index (χ3v) is 5.36. The summed E-state index contributed by atoms with van der Waals surface area (Å²) in [5.74, 6) is -0.306. The van der Waals surface area contributed by atoms with E-state index in [1.165, 1.54) is 10.9 Å². The van der Waals surface area contributed by atoms with Gasteiger partial charge >= 0.3 is 0 Å². The number of carbonyl (C=O) groups excluding carboxylic acids is 1. The molecule has 0 spiro atoms. The van der Waals surface area contributed by atoms with Crippen LogP contribution >= 0.6 is 0 Å². The lowest BCUT2D eigenvalue weighted by atomic mass is 10.1. The molecule has 3 rings (SSSR count). The minimum absolute atomic E-state index is 0.0103. The van der Waals surface area contributed by atoms with E-state index in [4.69, 9.17) is 5.14 Å². The van der Waals surface area contributed by atoms with Crippen LogP contribution in [0.5, 0.6) is 0 Å². The van der Waals surface area contributed by atoms with Crippen LogP contribution in [0.4, 0.5) is 0 Å². The Labute approximate surface area is 135 Å². The van der Waals surface area contributed by atoms with Crippen LogP contribution in [0.25, 0.3) is 10.9 Å². The van der Waals surface area contributed by atoms with E-state index in [0.717, 1.165) is 17.6 Å². The zero-order valence-corrected chi connectivity index (χ0v) is 13.9. The number of hydrogen-bond acceptors (Lipinski definition) is 3. The number of aromatic amines is 1. The van der Waals surface area contributed by atoms with Crippen LogP contribution in [0.1, 0.15) is 17.7 Å². The van der Waals surface area contributed by atoms with Crippen molar-refractivity contribution in [1.29, 1.82) is 0 Å². The molecule has 1 saturated heterocycles. The molecule has 2 aromatic rings. The molecule has 1 amide bonds. The summed E-state index contributed by atoms with van der Waals surface area (Å²) in [5.41, 5.74) is 3.42. The molecule has 0 saturated carbocycles. The lowest BCUT2D eigenvalue weighted by molar-refractivity contribution is -0.127. The van der Waals surface area contributed by atoms with E-state index in [9.17, 15) is 13.2 Å². The highest BCUT2D eigenvalue weighted by atomic mass is 32.2. The van der Waals surface area contributed by atoms with Crippen LogP contribution in [0.2, 0.25) is 0 Å². The van der Waals surface area contributed by atoms with Crippen molar-refractivity contribution in [2.75, 3.05) is 18.8 Å². The molecule has 1 aromatic carbocycles. The average molecular weight is 335 g/mol. The molecule has 0 aliphatic carbocycles. The number of likely N-dealkylation sites (tertiary alicyclic amines) is 1. The van der Waals surface area contributed by atoms with Gasteiger partial charge < -0.3 is 9.88 Å². The number of sulfonamides is 1. The summed E-state index contributed by atoms with van der Waals surface area (Å²) >= 11 is 0. The summed E-state index contributed by atoms with van der Waals surface area (Å²) in [6.45, 7) is 3.10. The second kappa shape index (κ2) is 5.98. The number of nitrogens with zero attached hydrogens (tertiary/aromatic N) is 1. The van der Waals surface area contributed by atoms with Gasteiger partial charge in [0.2, 0.25) is 15.9 Å². The van der Waals surface area contributed by atoms with E-state index in [1.54, 1.807) is 4.90 Å². The first-order chi connectivity index (χ1) is 10.8. The number of benzene rings is 1. The van der Waals surface area contributed by atoms with Gasteiger partial charge in [0.05, 0.1) is 5.75 Å². The highest BCUT2D eigenvalue weighted by Gasteiger charge is 2.31. The Morgan fingerprint density at radius 3 is 2.83 bits per heavy atom. The van der Waals surface area contributed by atoms with Gasteiger partial charge in [0.25, 0.3) is 0 Å². The molecule has 7 heteroatoms. The van der Waals surface area contributed by atoms with Gasteiger partial charge in [-0.3, -0.25) is 4.79 Å². The number of nitrogens with one attached hydrogen (secondary N) is 1. The topological polar surface area (TPSA) is 96.3 Å². The number of primary sulfonamides is 1. The average Bonchev–Trinajstić information content (AvgIpc) is 2.94. The van der Waals surface area contributed by atoms with Crippen molar-refractivity contribution < 1.29 is 13.2 Å². The maximum atomic E-state index is 12.1. The molecule has 0 bridgehead atoms. The summed E-state index contributed by atoms with van der Waals surface area (Å²) in [5, 5.41) is 6.26. The minimum atomic E-state index is -3.53. The van der Waals surface area contributed by atoms with E-state index >= 15 is 0 Å². The summed E-state index contributed by atoms with van der Waals surface area (Å²) in [7, 11) is -3.53. The van der Waals surface area contributed by atoms with Crippen LogP contribution in [-0.2, 0) is 21.2 Å². The quantitative estimate of drug-likeness (QED) is 0.858. The number of nitrogens with two attached hydrogens (primary N) is 1. The van der Waals surface area contributed by atoms with Crippen molar-refractivity contribution in [3.05, 3.63) is 35.5 Å². The van der Waals surface area contributed by atoms with Gasteiger partial charge in [-0.05, 0) is 25.0 Å². The Bertz CT molecular complexity index is 841. The fourth-order valence-corrected chi connectivity index (χ4v) is 4.29. The van der Waals surface area contributed by atoms with Gasteiger partial charge in [0, 0.05) is 42.0 Å². The molecule has 1 fully saturated rings. The fourth-order valence-electron chi connectivity index (χ4n) is 3.41. The zero-order valence-electron chi connectivity index (χ0n) is 13.1. The Kier molecular flexibility index (Phi) is 4.16. The number of hydrogen-bond donors (Lipinski definition) is 2. The first-order valence-corrected chi connectivity index (χ1v) is 9.39. The lowest BCUT2D eigenvalue weighted by Crippen LogP contribution is -2.29. The predicted molar refractivity (Wildman–Crippen MR) is 89.4 cm³/mol. The molecular formula is C16H21N3O3S. The number of aromatic nitrogens is 1. The van der Waals surface area contributed by atoms with Crippen LogP contribution in [-0.4, -0.2) is 43.1 Å². The molecule has 1 aromatic heterocycles. The molecule has 0 radical (unpaired) electrons. The number of fused-ring (bicyclic) bond motifs is 1. The molecule has 23 heavy (non-hydrogen) atoms. The summed E-state index contributed by atoms with van der Waals surface area (Å²) < 4.78 is 22.4. The molecule has 1 unspecified atom stereocenters. The van der Waals surface area contributed by atoms with Crippen LogP contribution in [0.15, 0.2) is 24.3 Å². The number of rotatable bonds is 5. The molecule has 1 atom stereocenters. The number of para-hydroxylation sites is 1. The predicted octanol–water partition coefficient (Wildman–Crippen LogP) is 1.16. The Hall–Kier alpha value is -1.86. The SMILES string of the molecule is Cc1[nH]c2ccccc2c1CCN1CC(CS(N)(=O)=O)CC1=O. The first-order valence-electron chi connectivity index (χ1n) is 7.68. The standard InChI is InChI=1S/C16H21N3O3S/c1-11-13(14-4-2-3-5-15(14)18-11)6-7-19-9-12(8-16(19)20)10-23(17,21)22/h2-5,12,18H,6-10H2,1H3,(H2,17,21,22). The van der Waals surface area contributed by atoms with E-state index in [2.05, 4.69) is 11.1 Å². The first kappa shape index (κ1) is 16.0. The third kappa shape index (κ3) is 3.56. The molecule has 1 aliphatic rings. The fraction of sp³-hybridized carbons (Fsp3) is 0.438. The normalized spacial score (nSPS) is 19.0. The minimum Gasteiger partial charge on any atom is -0.358 e. The highest BCUT2D eigenvalue weighted by Crippen LogP contribution is 2.24. The highest BCUT2D eigenvalue weighted by molar-refractivity contribution is 7.89. The van der Waals surface area contributed by atoms with Crippen molar-refractivity contribution in [3.8, 4) is 0 Å². The van der Waals surface area contributed by atoms with Gasteiger partial charge in [-0.15, -0.1) is 0 Å². The second-order valence-corrected chi connectivity index (χ2v) is 7.92. The molecule has 124 valence electrons. The van der Waals surface area contributed by atoms with Crippen molar-refractivity contribution in [3.63, 3.8) is 0 Å². The number of amides is 1. The van der Waals surface area contributed by atoms with E-state index in [0.29, 0.717) is 13.1 Å². The monoisotopic (exact) mass is 335 g/mol. The molecule has 2 heterocycles. The lowest BCUT2D eigenvalue weighted by Gasteiger charge is -2.16. The second-order valence-electron chi connectivity index (χ2n) is 6.26. The molecule has 3 N–H and O–H groups in total. The van der Waals surface area contributed by atoms with Crippen LogP contribution in [0, 0.1) is 12.8 Å². The van der Waals surface area contributed by atoms with E-state index in [-0.39, 0.29) is 24.0 Å². The van der Waals surface area contributed by atoms with Gasteiger partial charge in [0.15, 0.2) is 0 Å². The summed E-state index contributed by atoms with van der Waals surface area (Å²) in [6, 6.07) is 8.10. The van der Waals surface area contributed by atoms with E-state index in [1.807, 2.05) is 25.1 Å². The molecule has 1 aliphatic heterocycles. The van der Waals surface area contributed by atoms with Crippen LogP contribution < -0.4 is 5.14 Å². The van der Waals surface area contributed by atoms with E-state index < -0.39 is 10.0 Å². The number of H-pyrrole nitrogens is 1. The largest absolute Gasteiger partial charge is 0.358 e. The maximum absolute atomic E-state index is 12.1. The smallest absolute Gasteiger partial charge is 0.222 e. The van der Waals surface area contributed by atoms with Crippen molar-refractivity contribution in [2.24, 2.45) is 11.1 Å². The number of aryl methyl sites for hydroxylation is 1. The van der Waals surface area contributed by atoms with Crippen molar-refractivity contribution >= 4 is 26.8 Å². The number of carbonyl (C=O) groups is 1. The zero-order chi connectivity index (χ0) is 16.6. The molecule has 6 nitrogen and oxygen atoms in total. The van der Waals surface area contributed by atoms with Gasteiger partial charge in [-0.1, -0.05) is 18.2 Å². The van der Waals surface area contributed by atoms with Crippen molar-refractivity contribution in [2.45, 2.75) is 19.8 Å². The van der Waals surface area contributed by atoms with Gasteiger partial charge in [-0.25, -0.2) is 13.6 Å². The van der Waals surface area contributed by atoms with Crippen LogP contribution in [0.3, 0.4) is 0 Å². The molecular weight excluding hydrogens is 314 g/mol. The summed E-state index contributed by atoms with van der Waals surface area (Å²) in [6.07, 6.45) is 1.02. The Morgan fingerprint density at radius 1 is 1.35 bits per heavy atom. The Balaban J connectivity index is 1.68. The van der Waals surface area contributed by atoms with Crippen molar-refractivity contribution in [1.82, 2.24) is 9.88 Å². The maximum Gasteiger partial charge on any atom is 0.222 e. The summed E-state index contributed by atoms with van der Waals surface area (Å²) in [4.78, 5) is 17.2. The van der Waals surface area contributed by atoms with Gasteiger partial charge in [0.1, 0.15) is 0 Å². The third-order valence-electron chi connectivity index (χ3n) is 4.42. The van der Waals surface area contributed by atoms with Gasteiger partial charge in [-0.2, -0.15) is 0 Å². The Morgan fingerprint density at radius 2 is 2.09 bits per heavy atom.